The van der Waals surface area contributed by atoms with E-state index < -0.39 is 5.51 Å². The zero-order valence-corrected chi connectivity index (χ0v) is 10.4. The highest BCUT2D eigenvalue weighted by Crippen LogP contribution is 2.41. The van der Waals surface area contributed by atoms with E-state index in [0.29, 0.717) is 17.3 Å². The van der Waals surface area contributed by atoms with Gasteiger partial charge in [0, 0.05) is 15.8 Å². The van der Waals surface area contributed by atoms with Gasteiger partial charge in [0.2, 0.25) is 0 Å². The van der Waals surface area contributed by atoms with Gasteiger partial charge in [-0.25, -0.2) is 0 Å². The smallest absolute Gasteiger partial charge is 0.198 e. The first-order valence-corrected chi connectivity index (χ1v) is 5.95. The topological polar surface area (TPSA) is 23.8 Å². The highest BCUT2D eigenvalue weighted by molar-refractivity contribution is 9.10. The van der Waals surface area contributed by atoms with Crippen LogP contribution in [0, 0.1) is 11.3 Å². The molecule has 0 unspecified atom stereocenters. The van der Waals surface area contributed by atoms with Gasteiger partial charge < -0.3 is 0 Å². The number of thioether (sulfide) groups is 1. The summed E-state index contributed by atoms with van der Waals surface area (Å²) in [6, 6.07) is 6.63. The van der Waals surface area contributed by atoms with Gasteiger partial charge in [-0.3, -0.25) is 0 Å². The van der Waals surface area contributed by atoms with Crippen molar-refractivity contribution in [2.45, 2.75) is 23.2 Å². The average Bonchev–Trinajstić information content (AvgIpc) is 2.17. The van der Waals surface area contributed by atoms with Gasteiger partial charge >= 0.3 is 5.51 Å². The van der Waals surface area contributed by atoms with Crippen LogP contribution < -0.4 is 0 Å². The molecule has 0 spiro atoms. The van der Waals surface area contributed by atoms with Crippen LogP contribution in [-0.2, 0) is 6.42 Å². The quantitative estimate of drug-likeness (QED) is 0.767. The van der Waals surface area contributed by atoms with Crippen molar-refractivity contribution in [2.75, 3.05) is 0 Å². The van der Waals surface area contributed by atoms with Crippen molar-refractivity contribution in [1.82, 2.24) is 0 Å². The van der Waals surface area contributed by atoms with Crippen LogP contribution in [0.15, 0.2) is 27.6 Å². The van der Waals surface area contributed by atoms with Crippen LogP contribution >= 0.6 is 27.7 Å². The number of benzene rings is 1. The summed E-state index contributed by atoms with van der Waals surface area (Å²) in [5, 5.41) is 8.42. The molecule has 16 heavy (non-hydrogen) atoms. The Hall–Kier alpha value is -0.670. The first-order valence-electron chi connectivity index (χ1n) is 4.34. The number of rotatable bonds is 3. The van der Waals surface area contributed by atoms with E-state index in [1.165, 1.54) is 6.07 Å². The van der Waals surface area contributed by atoms with Crippen molar-refractivity contribution in [3.8, 4) is 6.07 Å². The number of nitrogens with zero attached hydrogens (tertiary/aromatic N) is 1. The van der Waals surface area contributed by atoms with Gasteiger partial charge in [0.15, 0.2) is 0 Å². The average molecular weight is 310 g/mol. The molecule has 0 fully saturated rings. The van der Waals surface area contributed by atoms with Gasteiger partial charge in [0.25, 0.3) is 0 Å². The molecule has 0 atom stereocenters. The fourth-order valence-electron chi connectivity index (χ4n) is 1.14. The normalized spacial score (nSPS) is 11.2. The molecule has 1 nitrogen and oxygen atoms in total. The molecule has 86 valence electrons. The van der Waals surface area contributed by atoms with Gasteiger partial charge in [-0.1, -0.05) is 12.1 Å². The lowest BCUT2D eigenvalue weighted by molar-refractivity contribution is -0.0328. The number of alkyl halides is 3. The van der Waals surface area contributed by atoms with Gasteiger partial charge in [-0.05, 0) is 45.7 Å². The predicted octanol–water partition coefficient (Wildman–Crippen LogP) is 4.52. The molecule has 1 aromatic carbocycles. The Bertz CT molecular complexity index is 412. The first-order chi connectivity index (χ1) is 7.44. The van der Waals surface area contributed by atoms with Crippen LogP contribution in [0.3, 0.4) is 0 Å². The summed E-state index contributed by atoms with van der Waals surface area (Å²) in [7, 11) is 0. The van der Waals surface area contributed by atoms with Crippen molar-refractivity contribution in [2.24, 2.45) is 0 Å². The zero-order chi connectivity index (χ0) is 12.2. The molecule has 0 heterocycles. The largest absolute Gasteiger partial charge is 0.446 e. The summed E-state index contributed by atoms with van der Waals surface area (Å²) in [4.78, 5) is 0.128. The summed E-state index contributed by atoms with van der Waals surface area (Å²) >= 11 is 2.98. The molecule has 0 N–H and O–H groups in total. The van der Waals surface area contributed by atoms with Crippen LogP contribution in [-0.4, -0.2) is 5.51 Å². The molecular formula is C10H7BrF3NS. The SMILES string of the molecule is N#CCCc1cccc(SC(F)(F)F)c1Br. The molecule has 0 saturated carbocycles. The minimum Gasteiger partial charge on any atom is -0.198 e. The molecule has 0 saturated heterocycles. The van der Waals surface area contributed by atoms with E-state index in [1.807, 2.05) is 6.07 Å². The molecule has 1 aromatic rings. The second-order valence-corrected chi connectivity index (χ2v) is 4.84. The van der Waals surface area contributed by atoms with Gasteiger partial charge in [-0.2, -0.15) is 18.4 Å². The number of hydrogen-bond donors (Lipinski definition) is 0. The minimum atomic E-state index is -4.30. The second kappa shape index (κ2) is 5.60. The fourth-order valence-corrected chi connectivity index (χ4v) is 2.47. The summed E-state index contributed by atoms with van der Waals surface area (Å²) in [5.41, 5.74) is -3.58. The molecule has 0 aliphatic rings. The van der Waals surface area contributed by atoms with Crippen LogP contribution in [0.4, 0.5) is 13.2 Å². The number of aryl methyl sites for hydroxylation is 1. The Morgan fingerprint density at radius 3 is 2.62 bits per heavy atom. The third-order valence-corrected chi connectivity index (χ3v) is 3.77. The number of nitriles is 1. The summed E-state index contributed by atoms with van der Waals surface area (Å²) in [6.45, 7) is 0. The van der Waals surface area contributed by atoms with Gasteiger partial charge in [0.05, 0.1) is 6.07 Å². The summed E-state index contributed by atoms with van der Waals surface area (Å²) in [6.07, 6.45) is 0.738. The van der Waals surface area contributed by atoms with Crippen molar-refractivity contribution < 1.29 is 13.2 Å². The number of halogens is 4. The van der Waals surface area contributed by atoms with E-state index >= 15 is 0 Å². The van der Waals surface area contributed by atoms with E-state index in [-0.39, 0.29) is 16.7 Å². The van der Waals surface area contributed by atoms with Crippen LogP contribution in [0.5, 0.6) is 0 Å². The lowest BCUT2D eigenvalue weighted by Crippen LogP contribution is -2.00. The fraction of sp³-hybridized carbons (Fsp3) is 0.300. The molecule has 0 amide bonds. The van der Waals surface area contributed by atoms with Crippen LogP contribution in [0.1, 0.15) is 12.0 Å². The zero-order valence-electron chi connectivity index (χ0n) is 8.01. The van der Waals surface area contributed by atoms with Crippen LogP contribution in [0.25, 0.3) is 0 Å². The maximum atomic E-state index is 12.2. The highest BCUT2D eigenvalue weighted by atomic mass is 79.9. The third-order valence-electron chi connectivity index (χ3n) is 1.78. The standard InChI is InChI=1S/C10H7BrF3NS/c11-9-7(4-2-6-15)3-1-5-8(9)16-10(12,13)14/h1,3,5H,2,4H2. The maximum absolute atomic E-state index is 12.2. The summed E-state index contributed by atoms with van der Waals surface area (Å²) in [5.74, 6) is 0. The highest BCUT2D eigenvalue weighted by Gasteiger charge is 2.30. The minimum absolute atomic E-state index is 0.128. The molecule has 1 rings (SSSR count). The Kier molecular flexibility index (Phi) is 4.69. The molecule has 0 aliphatic carbocycles. The molecule has 0 bridgehead atoms. The lowest BCUT2D eigenvalue weighted by Gasteiger charge is -2.10. The summed E-state index contributed by atoms with van der Waals surface area (Å²) < 4.78 is 37.0. The number of hydrogen-bond acceptors (Lipinski definition) is 2. The Morgan fingerprint density at radius 1 is 1.38 bits per heavy atom. The van der Waals surface area contributed by atoms with E-state index in [0.717, 1.165) is 5.56 Å². The van der Waals surface area contributed by atoms with Crippen LogP contribution in [0.2, 0.25) is 0 Å². The Labute approximate surface area is 104 Å². The van der Waals surface area contributed by atoms with Crippen molar-refractivity contribution in [3.63, 3.8) is 0 Å². The molecule has 0 radical (unpaired) electrons. The van der Waals surface area contributed by atoms with E-state index in [9.17, 15) is 13.2 Å². The van der Waals surface area contributed by atoms with Crippen molar-refractivity contribution in [3.05, 3.63) is 28.2 Å². The monoisotopic (exact) mass is 309 g/mol. The van der Waals surface area contributed by atoms with Crippen molar-refractivity contribution >= 4 is 27.7 Å². The van der Waals surface area contributed by atoms with E-state index in [4.69, 9.17) is 5.26 Å². The second-order valence-electron chi connectivity index (χ2n) is 2.94. The van der Waals surface area contributed by atoms with Gasteiger partial charge in [-0.15, -0.1) is 0 Å². The molecular weight excluding hydrogens is 303 g/mol. The maximum Gasteiger partial charge on any atom is 0.446 e. The Morgan fingerprint density at radius 2 is 2.06 bits per heavy atom. The third kappa shape index (κ3) is 4.06. The Balaban J connectivity index is 2.91. The van der Waals surface area contributed by atoms with Crippen molar-refractivity contribution in [1.29, 1.82) is 5.26 Å². The molecule has 0 aromatic heterocycles. The van der Waals surface area contributed by atoms with E-state index in [2.05, 4.69) is 15.9 Å². The first kappa shape index (κ1) is 13.4. The molecule has 0 aliphatic heterocycles. The van der Waals surface area contributed by atoms with Gasteiger partial charge in [0.1, 0.15) is 0 Å². The lowest BCUT2D eigenvalue weighted by atomic mass is 10.1. The van der Waals surface area contributed by atoms with E-state index in [1.54, 1.807) is 12.1 Å². The molecule has 6 heteroatoms. The predicted molar refractivity (Wildman–Crippen MR) is 60.0 cm³/mol.